The Balaban J connectivity index is 2.05. The standard InChI is InChI=1S/C12H14BrN5O2/c1-18(6-11-14-7-15-17-11)12(19)16-9-5-8(13)3-4-10(9)20-2/h3-5,7H,6H2,1-2H3,(H,16,19)(H,14,15,17). The van der Waals surface area contributed by atoms with Crippen LogP contribution in [-0.2, 0) is 6.54 Å². The van der Waals surface area contributed by atoms with Crippen LogP contribution in [0.15, 0.2) is 29.0 Å². The first-order valence-corrected chi connectivity index (χ1v) is 6.59. The van der Waals surface area contributed by atoms with E-state index in [1.807, 2.05) is 6.07 Å². The number of hydrogen-bond donors (Lipinski definition) is 2. The number of aromatic amines is 1. The van der Waals surface area contributed by atoms with Crippen LogP contribution in [0.5, 0.6) is 5.75 Å². The molecule has 2 amide bonds. The van der Waals surface area contributed by atoms with Gasteiger partial charge in [0.25, 0.3) is 0 Å². The maximum absolute atomic E-state index is 12.1. The minimum Gasteiger partial charge on any atom is -0.495 e. The van der Waals surface area contributed by atoms with Gasteiger partial charge in [0.1, 0.15) is 17.9 Å². The molecule has 106 valence electrons. The highest BCUT2D eigenvalue weighted by atomic mass is 79.9. The number of nitrogens with zero attached hydrogens (tertiary/aromatic N) is 3. The van der Waals surface area contributed by atoms with E-state index in [1.165, 1.54) is 11.2 Å². The summed E-state index contributed by atoms with van der Waals surface area (Å²) in [7, 11) is 3.22. The van der Waals surface area contributed by atoms with Gasteiger partial charge in [-0.2, -0.15) is 5.10 Å². The summed E-state index contributed by atoms with van der Waals surface area (Å²) in [6.45, 7) is 0.335. The molecule has 0 unspecified atom stereocenters. The number of aromatic nitrogens is 3. The Morgan fingerprint density at radius 3 is 3.00 bits per heavy atom. The zero-order valence-corrected chi connectivity index (χ0v) is 12.6. The van der Waals surface area contributed by atoms with Gasteiger partial charge >= 0.3 is 6.03 Å². The minimum absolute atomic E-state index is 0.266. The predicted octanol–water partition coefficient (Wildman–Crippen LogP) is 2.24. The Morgan fingerprint density at radius 2 is 2.35 bits per heavy atom. The Labute approximate surface area is 124 Å². The van der Waals surface area contributed by atoms with E-state index in [4.69, 9.17) is 4.74 Å². The third-order valence-corrected chi connectivity index (χ3v) is 3.09. The summed E-state index contributed by atoms with van der Waals surface area (Å²) in [5.74, 6) is 1.21. The summed E-state index contributed by atoms with van der Waals surface area (Å²) in [6, 6.07) is 5.12. The third kappa shape index (κ3) is 3.47. The number of hydrogen-bond acceptors (Lipinski definition) is 4. The fourth-order valence-corrected chi connectivity index (χ4v) is 1.95. The first-order valence-electron chi connectivity index (χ1n) is 5.80. The number of benzene rings is 1. The van der Waals surface area contributed by atoms with Crippen molar-refractivity contribution in [1.82, 2.24) is 20.1 Å². The van der Waals surface area contributed by atoms with E-state index in [0.29, 0.717) is 23.8 Å². The molecule has 20 heavy (non-hydrogen) atoms. The van der Waals surface area contributed by atoms with Crippen molar-refractivity contribution in [2.75, 3.05) is 19.5 Å². The summed E-state index contributed by atoms with van der Waals surface area (Å²) in [5, 5.41) is 9.22. The van der Waals surface area contributed by atoms with Gasteiger partial charge in [-0.3, -0.25) is 5.10 Å². The molecular formula is C12H14BrN5O2. The lowest BCUT2D eigenvalue weighted by molar-refractivity contribution is 0.219. The number of carbonyl (C=O) groups is 1. The van der Waals surface area contributed by atoms with Crippen LogP contribution in [0.3, 0.4) is 0 Å². The van der Waals surface area contributed by atoms with E-state index in [0.717, 1.165) is 4.47 Å². The lowest BCUT2D eigenvalue weighted by atomic mass is 10.3. The number of ether oxygens (including phenoxy) is 1. The molecule has 0 spiro atoms. The summed E-state index contributed by atoms with van der Waals surface area (Å²) < 4.78 is 6.06. The van der Waals surface area contributed by atoms with Gasteiger partial charge in [0, 0.05) is 11.5 Å². The number of nitrogens with one attached hydrogen (secondary N) is 2. The van der Waals surface area contributed by atoms with Crippen LogP contribution in [0.4, 0.5) is 10.5 Å². The maximum Gasteiger partial charge on any atom is 0.322 e. The minimum atomic E-state index is -0.266. The molecule has 0 atom stereocenters. The molecule has 2 N–H and O–H groups in total. The molecule has 1 aromatic heterocycles. The highest BCUT2D eigenvalue weighted by Gasteiger charge is 2.13. The Morgan fingerprint density at radius 1 is 1.55 bits per heavy atom. The lowest BCUT2D eigenvalue weighted by Gasteiger charge is -2.18. The highest BCUT2D eigenvalue weighted by molar-refractivity contribution is 9.10. The van der Waals surface area contributed by atoms with Crippen molar-refractivity contribution < 1.29 is 9.53 Å². The normalized spacial score (nSPS) is 10.2. The van der Waals surface area contributed by atoms with Crippen molar-refractivity contribution in [3.63, 3.8) is 0 Å². The highest BCUT2D eigenvalue weighted by Crippen LogP contribution is 2.28. The number of urea groups is 1. The Hall–Kier alpha value is -2.09. The van der Waals surface area contributed by atoms with Crippen LogP contribution < -0.4 is 10.1 Å². The van der Waals surface area contributed by atoms with Gasteiger partial charge in [-0.05, 0) is 18.2 Å². The Bertz CT molecular complexity index is 588. The van der Waals surface area contributed by atoms with E-state index < -0.39 is 0 Å². The predicted molar refractivity (Wildman–Crippen MR) is 77.6 cm³/mol. The van der Waals surface area contributed by atoms with E-state index >= 15 is 0 Å². The van der Waals surface area contributed by atoms with Gasteiger partial charge in [0.2, 0.25) is 0 Å². The van der Waals surface area contributed by atoms with Crippen LogP contribution in [0.1, 0.15) is 5.82 Å². The maximum atomic E-state index is 12.1. The molecule has 2 aromatic rings. The SMILES string of the molecule is COc1ccc(Br)cc1NC(=O)N(C)Cc1ncn[nH]1. The van der Waals surface area contributed by atoms with Crippen LogP contribution in [-0.4, -0.2) is 40.3 Å². The molecule has 2 rings (SSSR count). The van der Waals surface area contributed by atoms with Gasteiger partial charge in [0.05, 0.1) is 19.3 Å². The van der Waals surface area contributed by atoms with Crippen molar-refractivity contribution in [2.45, 2.75) is 6.54 Å². The van der Waals surface area contributed by atoms with Crippen molar-refractivity contribution in [3.05, 3.63) is 34.8 Å². The van der Waals surface area contributed by atoms with Crippen molar-refractivity contribution in [1.29, 1.82) is 0 Å². The van der Waals surface area contributed by atoms with Crippen LogP contribution in [0, 0.1) is 0 Å². The summed E-state index contributed by atoms with van der Waals surface area (Å²) in [4.78, 5) is 17.6. The smallest absolute Gasteiger partial charge is 0.322 e. The van der Waals surface area contributed by atoms with E-state index in [-0.39, 0.29) is 6.03 Å². The molecule has 0 aliphatic rings. The second kappa shape index (κ2) is 6.38. The number of H-pyrrole nitrogens is 1. The van der Waals surface area contributed by atoms with Gasteiger partial charge in [-0.15, -0.1) is 0 Å². The third-order valence-electron chi connectivity index (χ3n) is 2.60. The number of rotatable bonds is 4. The van der Waals surface area contributed by atoms with Crippen molar-refractivity contribution in [2.24, 2.45) is 0 Å². The Kier molecular flexibility index (Phi) is 4.57. The molecule has 1 aromatic carbocycles. The second-order valence-electron chi connectivity index (χ2n) is 4.06. The molecular weight excluding hydrogens is 326 g/mol. The number of anilines is 1. The number of halogens is 1. The second-order valence-corrected chi connectivity index (χ2v) is 4.98. The number of amides is 2. The van der Waals surface area contributed by atoms with Crippen molar-refractivity contribution >= 4 is 27.6 Å². The number of carbonyl (C=O) groups excluding carboxylic acids is 1. The molecule has 7 nitrogen and oxygen atoms in total. The van der Waals surface area contributed by atoms with E-state index in [2.05, 4.69) is 36.4 Å². The molecule has 0 radical (unpaired) electrons. The fraction of sp³-hybridized carbons (Fsp3) is 0.250. The van der Waals surface area contributed by atoms with Gasteiger partial charge in [-0.1, -0.05) is 15.9 Å². The summed E-state index contributed by atoms with van der Waals surface area (Å²) in [6.07, 6.45) is 1.40. The van der Waals surface area contributed by atoms with E-state index in [1.54, 1.807) is 26.3 Å². The van der Waals surface area contributed by atoms with Gasteiger partial charge in [-0.25, -0.2) is 9.78 Å². The first kappa shape index (κ1) is 14.3. The molecule has 0 saturated heterocycles. The number of methoxy groups -OCH3 is 1. The fourth-order valence-electron chi connectivity index (χ4n) is 1.59. The van der Waals surface area contributed by atoms with Gasteiger partial charge in [0.15, 0.2) is 0 Å². The summed E-state index contributed by atoms with van der Waals surface area (Å²) >= 11 is 3.36. The zero-order chi connectivity index (χ0) is 14.5. The average molecular weight is 340 g/mol. The van der Waals surface area contributed by atoms with Crippen molar-refractivity contribution in [3.8, 4) is 5.75 Å². The lowest BCUT2D eigenvalue weighted by Crippen LogP contribution is -2.31. The van der Waals surface area contributed by atoms with Gasteiger partial charge < -0.3 is 15.0 Å². The largest absolute Gasteiger partial charge is 0.495 e. The van der Waals surface area contributed by atoms with Crippen LogP contribution in [0.2, 0.25) is 0 Å². The molecule has 0 aliphatic heterocycles. The molecule has 0 saturated carbocycles. The monoisotopic (exact) mass is 339 g/mol. The summed E-state index contributed by atoms with van der Waals surface area (Å²) in [5.41, 5.74) is 0.594. The van der Waals surface area contributed by atoms with Crippen LogP contribution >= 0.6 is 15.9 Å². The zero-order valence-electron chi connectivity index (χ0n) is 11.1. The van der Waals surface area contributed by atoms with Crippen LogP contribution in [0.25, 0.3) is 0 Å². The molecule has 0 bridgehead atoms. The first-order chi connectivity index (χ1) is 9.60. The molecule has 8 heteroatoms. The average Bonchev–Trinajstić information content (AvgIpc) is 2.91. The quantitative estimate of drug-likeness (QED) is 0.894. The van der Waals surface area contributed by atoms with E-state index in [9.17, 15) is 4.79 Å². The molecule has 0 aliphatic carbocycles. The topological polar surface area (TPSA) is 83.1 Å². The molecule has 1 heterocycles. The molecule has 0 fully saturated rings.